The van der Waals surface area contributed by atoms with Gasteiger partial charge in [0.1, 0.15) is 0 Å². The molecule has 0 saturated heterocycles. The van der Waals surface area contributed by atoms with Crippen molar-refractivity contribution in [3.05, 3.63) is 70.9 Å². The summed E-state index contributed by atoms with van der Waals surface area (Å²) in [4.78, 5) is 19.6. The van der Waals surface area contributed by atoms with Gasteiger partial charge in [0.25, 0.3) is 0 Å². The molecule has 3 heteroatoms. The molecule has 5 rings (SSSR count). The maximum absolute atomic E-state index is 12.7. The van der Waals surface area contributed by atoms with Crippen LogP contribution in [0.2, 0.25) is 0 Å². The van der Waals surface area contributed by atoms with Crippen molar-refractivity contribution < 1.29 is 0 Å². The van der Waals surface area contributed by atoms with E-state index in [1.54, 1.807) is 0 Å². The molecule has 0 unspecified atom stereocenters. The van der Waals surface area contributed by atoms with Gasteiger partial charge in [0.15, 0.2) is 5.43 Å². The molecule has 0 spiro atoms. The molecule has 0 fully saturated rings. The van der Waals surface area contributed by atoms with Crippen LogP contribution >= 0.6 is 0 Å². The molecular weight excluding hydrogens is 272 g/mol. The summed E-state index contributed by atoms with van der Waals surface area (Å²) in [7, 11) is 0. The number of hydrogen-bond donors (Lipinski definition) is 2. The van der Waals surface area contributed by atoms with E-state index in [0.717, 1.165) is 38.2 Å². The van der Waals surface area contributed by atoms with Gasteiger partial charge in [-0.2, -0.15) is 0 Å². The van der Waals surface area contributed by atoms with Gasteiger partial charge in [-0.15, -0.1) is 0 Å². The van der Waals surface area contributed by atoms with Crippen molar-refractivity contribution in [2.75, 3.05) is 0 Å². The Hall–Kier alpha value is -3.07. The number of pyridine rings is 1. The first-order valence-corrected chi connectivity index (χ1v) is 7.27. The minimum absolute atomic E-state index is 0.0740. The van der Waals surface area contributed by atoms with Gasteiger partial charge >= 0.3 is 0 Å². The zero-order valence-electron chi connectivity index (χ0n) is 11.7. The van der Waals surface area contributed by atoms with Crippen LogP contribution in [0.5, 0.6) is 0 Å². The smallest absolute Gasteiger partial charge is 0.197 e. The van der Waals surface area contributed by atoms with Crippen molar-refractivity contribution in [2.45, 2.75) is 0 Å². The Morgan fingerprint density at radius 1 is 0.545 bits per heavy atom. The molecule has 0 atom stereocenters. The number of fused-ring (bicyclic) bond motifs is 6. The first kappa shape index (κ1) is 11.6. The van der Waals surface area contributed by atoms with Gasteiger partial charge in [-0.05, 0) is 24.3 Å². The van der Waals surface area contributed by atoms with E-state index in [1.807, 2.05) is 48.5 Å². The largest absolute Gasteiger partial charge is 0.353 e. The third-order valence-electron chi connectivity index (χ3n) is 4.36. The Kier molecular flexibility index (Phi) is 2.09. The molecular formula is C19H12N2O. The lowest BCUT2D eigenvalue weighted by Gasteiger charge is -2.03. The molecule has 0 amide bonds. The number of aromatic amines is 2. The highest BCUT2D eigenvalue weighted by atomic mass is 16.1. The maximum atomic E-state index is 12.7. The second-order valence-electron chi connectivity index (χ2n) is 5.58. The molecule has 0 aliphatic heterocycles. The zero-order valence-corrected chi connectivity index (χ0v) is 11.7. The van der Waals surface area contributed by atoms with E-state index in [2.05, 4.69) is 22.1 Å². The van der Waals surface area contributed by atoms with Crippen LogP contribution in [0.3, 0.4) is 0 Å². The van der Waals surface area contributed by atoms with Gasteiger partial charge in [-0.25, -0.2) is 0 Å². The van der Waals surface area contributed by atoms with E-state index >= 15 is 0 Å². The lowest BCUT2D eigenvalue weighted by Crippen LogP contribution is -2.04. The van der Waals surface area contributed by atoms with E-state index in [0.29, 0.717) is 0 Å². The molecule has 22 heavy (non-hydrogen) atoms. The van der Waals surface area contributed by atoms with E-state index in [9.17, 15) is 4.79 Å². The number of rotatable bonds is 0. The highest BCUT2D eigenvalue weighted by Crippen LogP contribution is 2.29. The molecule has 3 aromatic carbocycles. The first-order valence-electron chi connectivity index (χ1n) is 7.27. The van der Waals surface area contributed by atoms with Crippen LogP contribution in [0.15, 0.2) is 65.5 Å². The SMILES string of the molecule is O=c1c2ccccc2[nH]c2c1ccc1c3ccccc3[nH]c12. The summed E-state index contributed by atoms with van der Waals surface area (Å²) in [5.41, 5.74) is 3.88. The minimum atomic E-state index is 0.0740. The Labute approximate surface area is 125 Å². The van der Waals surface area contributed by atoms with Crippen molar-refractivity contribution >= 4 is 43.6 Å². The molecule has 2 heterocycles. The molecule has 5 aromatic rings. The van der Waals surface area contributed by atoms with Gasteiger partial charge in [0, 0.05) is 32.6 Å². The monoisotopic (exact) mass is 284 g/mol. The first-order chi connectivity index (χ1) is 10.8. The molecule has 0 aliphatic carbocycles. The van der Waals surface area contributed by atoms with Crippen LogP contribution in [0.4, 0.5) is 0 Å². The predicted molar refractivity (Wildman–Crippen MR) is 91.4 cm³/mol. The van der Waals surface area contributed by atoms with E-state index in [4.69, 9.17) is 0 Å². The lowest BCUT2D eigenvalue weighted by molar-refractivity contribution is 1.47. The Morgan fingerprint density at radius 2 is 1.09 bits per heavy atom. The topological polar surface area (TPSA) is 48.6 Å². The Bertz CT molecular complexity index is 1240. The van der Waals surface area contributed by atoms with Crippen molar-refractivity contribution in [2.24, 2.45) is 0 Å². The molecule has 0 aliphatic rings. The second kappa shape index (κ2) is 3.98. The molecule has 0 saturated carbocycles. The summed E-state index contributed by atoms with van der Waals surface area (Å²) in [6.45, 7) is 0. The number of para-hydroxylation sites is 2. The summed E-state index contributed by atoms with van der Waals surface area (Å²) in [5, 5.41) is 3.76. The molecule has 2 aromatic heterocycles. The van der Waals surface area contributed by atoms with E-state index in [1.165, 1.54) is 5.39 Å². The molecule has 0 radical (unpaired) electrons. The summed E-state index contributed by atoms with van der Waals surface area (Å²) in [5.74, 6) is 0. The number of nitrogens with one attached hydrogen (secondary N) is 2. The van der Waals surface area contributed by atoms with Gasteiger partial charge in [-0.1, -0.05) is 36.4 Å². The second-order valence-corrected chi connectivity index (χ2v) is 5.58. The van der Waals surface area contributed by atoms with Crippen molar-refractivity contribution in [3.63, 3.8) is 0 Å². The minimum Gasteiger partial charge on any atom is -0.353 e. The van der Waals surface area contributed by atoms with Crippen LogP contribution in [0.1, 0.15) is 0 Å². The normalized spacial score (nSPS) is 11.8. The van der Waals surface area contributed by atoms with Crippen LogP contribution in [-0.4, -0.2) is 9.97 Å². The van der Waals surface area contributed by atoms with Gasteiger partial charge in [0.2, 0.25) is 0 Å². The summed E-state index contributed by atoms with van der Waals surface area (Å²) in [6, 6.07) is 19.8. The van der Waals surface area contributed by atoms with Gasteiger partial charge in [-0.3, -0.25) is 4.79 Å². The van der Waals surface area contributed by atoms with Crippen LogP contribution in [0.25, 0.3) is 43.6 Å². The predicted octanol–water partition coefficient (Wildman–Crippen LogP) is 4.32. The fourth-order valence-electron chi connectivity index (χ4n) is 3.31. The number of aromatic nitrogens is 2. The molecule has 2 N–H and O–H groups in total. The van der Waals surface area contributed by atoms with Crippen LogP contribution in [-0.2, 0) is 0 Å². The maximum Gasteiger partial charge on any atom is 0.197 e. The molecule has 3 nitrogen and oxygen atoms in total. The fourth-order valence-corrected chi connectivity index (χ4v) is 3.31. The lowest BCUT2D eigenvalue weighted by atomic mass is 10.1. The average Bonchev–Trinajstić information content (AvgIpc) is 2.94. The number of benzene rings is 3. The van der Waals surface area contributed by atoms with Gasteiger partial charge < -0.3 is 9.97 Å². The number of hydrogen-bond acceptors (Lipinski definition) is 1. The third-order valence-corrected chi connectivity index (χ3v) is 4.36. The van der Waals surface area contributed by atoms with E-state index < -0.39 is 0 Å². The van der Waals surface area contributed by atoms with Crippen molar-refractivity contribution in [3.8, 4) is 0 Å². The summed E-state index contributed by atoms with van der Waals surface area (Å²) in [6.07, 6.45) is 0. The summed E-state index contributed by atoms with van der Waals surface area (Å²) < 4.78 is 0. The van der Waals surface area contributed by atoms with Crippen LogP contribution < -0.4 is 5.43 Å². The Morgan fingerprint density at radius 3 is 1.86 bits per heavy atom. The Balaban J connectivity index is 2.10. The third kappa shape index (κ3) is 1.37. The fraction of sp³-hybridized carbons (Fsp3) is 0. The standard InChI is InChI=1S/C19H12N2O/c22-19-13-6-2-4-8-16(13)21-18-14(19)10-9-12-11-5-1-3-7-15(11)20-17(12)18/h1-10,20H,(H,21,22). The van der Waals surface area contributed by atoms with Crippen LogP contribution in [0, 0.1) is 0 Å². The molecule has 0 bridgehead atoms. The van der Waals surface area contributed by atoms with E-state index in [-0.39, 0.29) is 5.43 Å². The summed E-state index contributed by atoms with van der Waals surface area (Å²) >= 11 is 0. The quantitative estimate of drug-likeness (QED) is 0.409. The average molecular weight is 284 g/mol. The van der Waals surface area contributed by atoms with Crippen molar-refractivity contribution in [1.82, 2.24) is 9.97 Å². The number of H-pyrrole nitrogens is 2. The van der Waals surface area contributed by atoms with Crippen molar-refractivity contribution in [1.29, 1.82) is 0 Å². The highest BCUT2D eigenvalue weighted by Gasteiger charge is 2.11. The molecule has 104 valence electrons. The zero-order chi connectivity index (χ0) is 14.7. The van der Waals surface area contributed by atoms with Gasteiger partial charge in [0.05, 0.1) is 11.0 Å². The highest BCUT2D eigenvalue weighted by molar-refractivity contribution is 6.16.